The van der Waals surface area contributed by atoms with Crippen molar-refractivity contribution in [3.8, 4) is 5.75 Å². The quantitative estimate of drug-likeness (QED) is 0.629. The van der Waals surface area contributed by atoms with Crippen LogP contribution in [0.1, 0.15) is 18.5 Å². The van der Waals surface area contributed by atoms with Crippen LogP contribution in [0.15, 0.2) is 42.5 Å². The van der Waals surface area contributed by atoms with Crippen LogP contribution in [-0.2, 0) is 4.79 Å². The summed E-state index contributed by atoms with van der Waals surface area (Å²) in [5, 5.41) is 8.77. The fourth-order valence-corrected chi connectivity index (χ4v) is 4.88. The normalized spacial score (nSPS) is 19.4. The third kappa shape index (κ3) is 3.85. The molecule has 2 aliphatic rings. The van der Waals surface area contributed by atoms with Crippen LogP contribution < -0.4 is 14.5 Å². The summed E-state index contributed by atoms with van der Waals surface area (Å²) < 4.78 is 7.34. The van der Waals surface area contributed by atoms with Crippen LogP contribution in [0.2, 0.25) is 0 Å². The summed E-state index contributed by atoms with van der Waals surface area (Å²) in [6.07, 6.45) is 1.92. The summed E-state index contributed by atoms with van der Waals surface area (Å²) in [6.45, 7) is 6.89. The van der Waals surface area contributed by atoms with Gasteiger partial charge in [-0.2, -0.15) is 0 Å². The molecular formula is C24H30N6O2. The topological polar surface area (TPSA) is 66.2 Å². The molecule has 2 saturated heterocycles. The van der Waals surface area contributed by atoms with Crippen LogP contribution >= 0.6 is 0 Å². The van der Waals surface area contributed by atoms with E-state index in [0.717, 1.165) is 68.6 Å². The number of pyridine rings is 1. The number of aromatic nitrogens is 3. The van der Waals surface area contributed by atoms with Crippen molar-refractivity contribution in [3.05, 3.63) is 48.2 Å². The first kappa shape index (κ1) is 20.6. The van der Waals surface area contributed by atoms with Gasteiger partial charge < -0.3 is 19.4 Å². The number of benzene rings is 1. The number of anilines is 2. The zero-order valence-electron chi connectivity index (χ0n) is 18.8. The average molecular weight is 435 g/mol. The lowest BCUT2D eigenvalue weighted by Crippen LogP contribution is -2.52. The van der Waals surface area contributed by atoms with Crippen molar-refractivity contribution in [3.63, 3.8) is 0 Å². The average Bonchev–Trinajstić information content (AvgIpc) is 3.29. The van der Waals surface area contributed by atoms with Crippen molar-refractivity contribution in [2.75, 3.05) is 56.2 Å². The fourth-order valence-electron chi connectivity index (χ4n) is 4.88. The first-order valence-corrected chi connectivity index (χ1v) is 11.4. The van der Waals surface area contributed by atoms with Gasteiger partial charge in [-0.3, -0.25) is 9.20 Å². The number of aryl methyl sites for hydroxylation is 1. The third-order valence-electron chi connectivity index (χ3n) is 6.69. The summed E-state index contributed by atoms with van der Waals surface area (Å²) in [5.74, 6) is 1.99. The molecular weight excluding hydrogens is 404 g/mol. The molecule has 4 heterocycles. The number of ether oxygens (including phenoxy) is 1. The van der Waals surface area contributed by atoms with E-state index in [4.69, 9.17) is 4.74 Å². The number of hydrogen-bond donors (Lipinski definition) is 0. The SMILES string of the molecule is COc1ccc(N2CCN(C(=O)[C@@H]3CCCN(c4nnc5cccc(C)n45)C3)CC2)cc1. The molecule has 5 rings (SSSR count). The van der Waals surface area contributed by atoms with Crippen molar-refractivity contribution in [1.82, 2.24) is 19.5 Å². The zero-order chi connectivity index (χ0) is 22.1. The number of fused-ring (bicyclic) bond motifs is 1. The number of hydrogen-bond acceptors (Lipinski definition) is 6. The molecule has 32 heavy (non-hydrogen) atoms. The molecule has 0 radical (unpaired) electrons. The Morgan fingerprint density at radius 3 is 2.50 bits per heavy atom. The molecule has 0 bridgehead atoms. The molecule has 0 unspecified atom stereocenters. The maximum absolute atomic E-state index is 13.3. The van der Waals surface area contributed by atoms with Crippen LogP contribution in [-0.4, -0.2) is 71.8 Å². The standard InChI is InChI=1S/C24H30N6O2/c1-18-5-3-7-22-25-26-24(30(18)22)29-12-4-6-19(17-29)23(31)28-15-13-27(14-16-28)20-8-10-21(32-2)11-9-20/h3,5,7-11,19H,4,6,12-17H2,1-2H3/t19-/m1/s1. The lowest BCUT2D eigenvalue weighted by molar-refractivity contribution is -0.136. The van der Waals surface area contributed by atoms with Crippen molar-refractivity contribution >= 4 is 23.2 Å². The maximum Gasteiger partial charge on any atom is 0.231 e. The van der Waals surface area contributed by atoms with Crippen molar-refractivity contribution in [2.45, 2.75) is 19.8 Å². The summed E-state index contributed by atoms with van der Waals surface area (Å²) in [5.41, 5.74) is 3.13. The van der Waals surface area contributed by atoms with E-state index >= 15 is 0 Å². The van der Waals surface area contributed by atoms with Crippen molar-refractivity contribution < 1.29 is 9.53 Å². The van der Waals surface area contributed by atoms with Gasteiger partial charge in [0.15, 0.2) is 5.65 Å². The smallest absolute Gasteiger partial charge is 0.231 e. The second-order valence-corrected chi connectivity index (χ2v) is 8.66. The minimum atomic E-state index is 0.00709. The lowest BCUT2D eigenvalue weighted by atomic mass is 9.96. The molecule has 2 aliphatic heterocycles. The number of carbonyl (C=O) groups is 1. The molecule has 168 valence electrons. The van der Waals surface area contributed by atoms with E-state index in [0.29, 0.717) is 6.54 Å². The highest BCUT2D eigenvalue weighted by Crippen LogP contribution is 2.26. The lowest BCUT2D eigenvalue weighted by Gasteiger charge is -2.39. The number of nitrogens with zero attached hydrogens (tertiary/aromatic N) is 6. The highest BCUT2D eigenvalue weighted by Gasteiger charge is 2.32. The molecule has 2 fully saturated rings. The third-order valence-corrected chi connectivity index (χ3v) is 6.69. The second kappa shape index (κ2) is 8.68. The van der Waals surface area contributed by atoms with Gasteiger partial charge in [0, 0.05) is 50.6 Å². The maximum atomic E-state index is 13.3. The minimum absolute atomic E-state index is 0.00709. The number of piperidine rings is 1. The minimum Gasteiger partial charge on any atom is -0.497 e. The number of methoxy groups -OCH3 is 1. The first-order chi connectivity index (χ1) is 15.6. The predicted octanol–water partition coefficient (Wildman–Crippen LogP) is 2.61. The Morgan fingerprint density at radius 1 is 0.969 bits per heavy atom. The van der Waals surface area contributed by atoms with Gasteiger partial charge in [0.25, 0.3) is 0 Å². The monoisotopic (exact) mass is 434 g/mol. The van der Waals surface area contributed by atoms with Gasteiger partial charge in [-0.05, 0) is 56.2 Å². The van der Waals surface area contributed by atoms with Gasteiger partial charge in [-0.15, -0.1) is 10.2 Å². The van der Waals surface area contributed by atoms with Gasteiger partial charge >= 0.3 is 0 Å². The Hall–Kier alpha value is -3.29. The Morgan fingerprint density at radius 2 is 1.75 bits per heavy atom. The summed E-state index contributed by atoms with van der Waals surface area (Å²) in [4.78, 5) is 20.0. The predicted molar refractivity (Wildman–Crippen MR) is 124 cm³/mol. The largest absolute Gasteiger partial charge is 0.497 e. The van der Waals surface area contributed by atoms with E-state index in [1.54, 1.807) is 7.11 Å². The summed E-state index contributed by atoms with van der Waals surface area (Å²) >= 11 is 0. The molecule has 1 amide bonds. The van der Waals surface area contributed by atoms with E-state index in [-0.39, 0.29) is 11.8 Å². The van der Waals surface area contributed by atoms with Crippen LogP contribution in [0.4, 0.5) is 11.6 Å². The van der Waals surface area contributed by atoms with Gasteiger partial charge in [0.05, 0.1) is 13.0 Å². The highest BCUT2D eigenvalue weighted by atomic mass is 16.5. The molecule has 0 saturated carbocycles. The zero-order valence-corrected chi connectivity index (χ0v) is 18.8. The number of piperazine rings is 1. The number of rotatable bonds is 4. The first-order valence-electron chi connectivity index (χ1n) is 11.4. The van der Waals surface area contributed by atoms with E-state index in [2.05, 4.69) is 49.5 Å². The van der Waals surface area contributed by atoms with Gasteiger partial charge in [0.1, 0.15) is 5.75 Å². The second-order valence-electron chi connectivity index (χ2n) is 8.66. The molecule has 2 aromatic heterocycles. The summed E-state index contributed by atoms with van der Waals surface area (Å²) in [7, 11) is 1.68. The van der Waals surface area contributed by atoms with E-state index in [9.17, 15) is 4.79 Å². The molecule has 0 spiro atoms. The Bertz CT molecular complexity index is 1090. The Kier molecular flexibility index (Phi) is 5.59. The van der Waals surface area contributed by atoms with E-state index in [1.165, 1.54) is 5.69 Å². The van der Waals surface area contributed by atoms with Crippen molar-refractivity contribution in [2.24, 2.45) is 5.92 Å². The highest BCUT2D eigenvalue weighted by molar-refractivity contribution is 5.80. The Balaban J connectivity index is 1.23. The van der Waals surface area contributed by atoms with Crippen LogP contribution in [0.3, 0.4) is 0 Å². The van der Waals surface area contributed by atoms with E-state index in [1.807, 2.05) is 29.2 Å². The molecule has 0 aliphatic carbocycles. The molecule has 8 nitrogen and oxygen atoms in total. The van der Waals surface area contributed by atoms with Crippen LogP contribution in [0.25, 0.3) is 5.65 Å². The molecule has 3 aromatic rings. The molecule has 1 atom stereocenters. The Labute approximate surface area is 188 Å². The number of carbonyl (C=O) groups excluding carboxylic acids is 1. The van der Waals surface area contributed by atoms with Crippen LogP contribution in [0, 0.1) is 12.8 Å². The number of amides is 1. The van der Waals surface area contributed by atoms with Gasteiger partial charge in [-0.25, -0.2) is 0 Å². The van der Waals surface area contributed by atoms with Gasteiger partial charge in [0.2, 0.25) is 11.9 Å². The van der Waals surface area contributed by atoms with Crippen LogP contribution in [0.5, 0.6) is 5.75 Å². The van der Waals surface area contributed by atoms with E-state index < -0.39 is 0 Å². The molecule has 8 heteroatoms. The molecule has 0 N–H and O–H groups in total. The van der Waals surface area contributed by atoms with Crippen molar-refractivity contribution in [1.29, 1.82) is 0 Å². The molecule has 1 aromatic carbocycles. The summed E-state index contributed by atoms with van der Waals surface area (Å²) in [6, 6.07) is 14.2. The van der Waals surface area contributed by atoms with Gasteiger partial charge in [-0.1, -0.05) is 6.07 Å². The fraction of sp³-hybridized carbons (Fsp3) is 0.458.